The molecule has 1 aromatic carbocycles. The second kappa shape index (κ2) is 11.7. The fourth-order valence-electron chi connectivity index (χ4n) is 9.38. The second-order valence-corrected chi connectivity index (χ2v) is 14.8. The van der Waals surface area contributed by atoms with E-state index in [4.69, 9.17) is 0 Å². The van der Waals surface area contributed by atoms with Gasteiger partial charge in [0, 0.05) is 31.4 Å². The van der Waals surface area contributed by atoms with Crippen LogP contribution >= 0.6 is 0 Å². The molecular weight excluding hydrogens is 508 g/mol. The molecule has 1 aromatic rings. The van der Waals surface area contributed by atoms with Gasteiger partial charge < -0.3 is 24.7 Å². The first-order chi connectivity index (χ1) is 19.7. The minimum absolute atomic E-state index is 0.146. The number of anilines is 1. The highest BCUT2D eigenvalue weighted by molar-refractivity contribution is 5.93. The number of carbonyl (C=O) groups excluding carboxylic acids is 1. The summed E-state index contributed by atoms with van der Waals surface area (Å²) in [6, 6.07) is 10.8. The number of hydrogen-bond donors (Lipinski definition) is 1. The van der Waals surface area contributed by atoms with Crippen LogP contribution in [0.2, 0.25) is 0 Å². The van der Waals surface area contributed by atoms with Crippen LogP contribution in [0.3, 0.4) is 0 Å². The fraction of sp³-hybridized carbons (Fsp3) is 0.743. The van der Waals surface area contributed by atoms with Gasteiger partial charge in [-0.25, -0.2) is 0 Å². The van der Waals surface area contributed by atoms with E-state index in [1.165, 1.54) is 43.5 Å². The molecule has 2 heterocycles. The van der Waals surface area contributed by atoms with E-state index in [0.29, 0.717) is 18.0 Å². The van der Waals surface area contributed by atoms with Gasteiger partial charge in [0.1, 0.15) is 5.54 Å². The molecule has 6 heteroatoms. The third kappa shape index (κ3) is 5.49. The molecule has 4 saturated carbocycles. The summed E-state index contributed by atoms with van der Waals surface area (Å²) in [5, 5.41) is 10.6. The molecule has 2 bridgehead atoms. The lowest BCUT2D eigenvalue weighted by atomic mass is 9.45. The standard InChI is InChI=1S/C35H54N4O2/c1-26-11-14-32(40)31(23-26)36(4)18-8-19-38-25-39(29-9-6-5-7-10-29)35(33(38)41)16-21-37(22-17-35)20-15-27-12-13-28-24-30(27)34(28,2)3/h5-7,9-10,27-28,30-32,40H,1,8,11-25H2,2-4H3/t27?,28?,30?,31?,32-/m1/s1. The SMILES string of the molecule is C=C1CC[C@@H](O)C(N(C)CCCN2CN(c3ccccc3)C3(CCN(CCC4CCC5CC4C5(C)C)CC3)C2=O)C1. The number of nitrogens with zero attached hydrogens (tertiary/aromatic N) is 4. The number of piperidine rings is 1. The highest BCUT2D eigenvalue weighted by Gasteiger charge is 2.55. The molecule has 1 spiro atoms. The number of likely N-dealkylation sites (tertiary alicyclic amines) is 1. The molecule has 6 nitrogen and oxygen atoms in total. The quantitative estimate of drug-likeness (QED) is 0.410. The van der Waals surface area contributed by atoms with E-state index < -0.39 is 5.54 Å². The summed E-state index contributed by atoms with van der Waals surface area (Å²) in [5.74, 6) is 3.11. The Morgan fingerprint density at radius 1 is 1.07 bits per heavy atom. The lowest BCUT2D eigenvalue weighted by Crippen LogP contribution is -2.57. The first kappa shape index (κ1) is 29.2. The van der Waals surface area contributed by atoms with Crippen molar-refractivity contribution >= 4 is 11.6 Å². The van der Waals surface area contributed by atoms with Crippen LogP contribution in [0.25, 0.3) is 0 Å². The van der Waals surface area contributed by atoms with Gasteiger partial charge in [-0.1, -0.05) is 44.2 Å². The Kier molecular flexibility index (Phi) is 8.30. The van der Waals surface area contributed by atoms with Crippen LogP contribution in [0.5, 0.6) is 0 Å². The topological polar surface area (TPSA) is 50.3 Å². The lowest BCUT2D eigenvalue weighted by Gasteiger charge is -2.60. The van der Waals surface area contributed by atoms with Crippen LogP contribution in [0.15, 0.2) is 42.5 Å². The second-order valence-electron chi connectivity index (χ2n) is 14.8. The number of likely N-dealkylation sites (N-methyl/N-ethyl adjacent to an activating group) is 1. The van der Waals surface area contributed by atoms with E-state index in [1.54, 1.807) is 0 Å². The van der Waals surface area contributed by atoms with Gasteiger partial charge in [-0.2, -0.15) is 0 Å². The molecule has 5 atom stereocenters. The summed E-state index contributed by atoms with van der Waals surface area (Å²) in [4.78, 5) is 23.6. The Balaban J connectivity index is 1.06. The average molecular weight is 563 g/mol. The number of amides is 1. The molecule has 0 aromatic heterocycles. The van der Waals surface area contributed by atoms with Crippen molar-refractivity contribution in [2.75, 3.05) is 51.3 Å². The molecule has 2 saturated heterocycles. The highest BCUT2D eigenvalue weighted by atomic mass is 16.3. The zero-order valence-electron chi connectivity index (χ0n) is 25.9. The minimum Gasteiger partial charge on any atom is -0.391 e. The Labute approximate surface area is 248 Å². The van der Waals surface area contributed by atoms with E-state index in [2.05, 4.69) is 77.4 Å². The Bertz CT molecular complexity index is 1080. The van der Waals surface area contributed by atoms with Crippen molar-refractivity contribution in [2.45, 2.75) is 95.7 Å². The Hall–Kier alpha value is -1.89. The number of rotatable bonds is 9. The molecule has 41 heavy (non-hydrogen) atoms. The number of carbonyl (C=O) groups is 1. The highest BCUT2D eigenvalue weighted by Crippen LogP contribution is 2.62. The number of para-hydroxylation sites is 1. The van der Waals surface area contributed by atoms with Crippen molar-refractivity contribution in [3.63, 3.8) is 0 Å². The third-order valence-corrected chi connectivity index (χ3v) is 12.3. The number of fused-ring (bicyclic) bond motifs is 2. The van der Waals surface area contributed by atoms with Crippen LogP contribution in [-0.4, -0.2) is 89.8 Å². The maximum absolute atomic E-state index is 14.2. The molecule has 2 aliphatic heterocycles. The smallest absolute Gasteiger partial charge is 0.250 e. The summed E-state index contributed by atoms with van der Waals surface area (Å²) in [6.45, 7) is 14.7. The van der Waals surface area contributed by atoms with Gasteiger partial charge in [0.2, 0.25) is 5.91 Å². The molecule has 6 fully saturated rings. The van der Waals surface area contributed by atoms with E-state index in [0.717, 1.165) is 82.5 Å². The maximum atomic E-state index is 14.2. The molecule has 226 valence electrons. The van der Waals surface area contributed by atoms with Gasteiger partial charge in [0.15, 0.2) is 0 Å². The summed E-state index contributed by atoms with van der Waals surface area (Å²) < 4.78 is 0. The monoisotopic (exact) mass is 562 g/mol. The number of aliphatic hydroxyl groups is 1. The van der Waals surface area contributed by atoms with E-state index >= 15 is 0 Å². The van der Waals surface area contributed by atoms with Crippen LogP contribution in [0.4, 0.5) is 5.69 Å². The minimum atomic E-state index is -0.422. The van der Waals surface area contributed by atoms with Gasteiger partial charge in [-0.05, 0) is 120 Å². The molecule has 4 aliphatic carbocycles. The molecular formula is C35H54N4O2. The van der Waals surface area contributed by atoms with Crippen LogP contribution in [-0.2, 0) is 4.79 Å². The Morgan fingerprint density at radius 2 is 1.83 bits per heavy atom. The van der Waals surface area contributed by atoms with Crippen molar-refractivity contribution in [3.05, 3.63) is 42.5 Å². The van der Waals surface area contributed by atoms with Gasteiger partial charge >= 0.3 is 0 Å². The molecule has 6 aliphatic rings. The van der Waals surface area contributed by atoms with Crippen molar-refractivity contribution in [3.8, 4) is 0 Å². The first-order valence-electron chi connectivity index (χ1n) is 16.6. The molecule has 1 N–H and O–H groups in total. The number of hydrogen-bond acceptors (Lipinski definition) is 5. The van der Waals surface area contributed by atoms with E-state index in [9.17, 15) is 9.90 Å². The summed E-state index contributed by atoms with van der Waals surface area (Å²) in [6.07, 6.45) is 10.7. The largest absolute Gasteiger partial charge is 0.391 e. The summed E-state index contributed by atoms with van der Waals surface area (Å²) >= 11 is 0. The molecule has 4 unspecified atom stereocenters. The summed E-state index contributed by atoms with van der Waals surface area (Å²) in [5.41, 5.74) is 2.55. The van der Waals surface area contributed by atoms with Gasteiger partial charge in [0.25, 0.3) is 0 Å². The normalized spacial score (nSPS) is 33.0. The van der Waals surface area contributed by atoms with E-state index in [-0.39, 0.29) is 12.1 Å². The van der Waals surface area contributed by atoms with Crippen molar-refractivity contribution in [2.24, 2.45) is 23.2 Å². The molecule has 1 amide bonds. The van der Waals surface area contributed by atoms with Crippen LogP contribution in [0.1, 0.15) is 78.1 Å². The predicted molar refractivity (Wildman–Crippen MR) is 167 cm³/mol. The lowest BCUT2D eigenvalue weighted by molar-refractivity contribution is -0.133. The summed E-state index contributed by atoms with van der Waals surface area (Å²) in [7, 11) is 2.11. The van der Waals surface area contributed by atoms with Crippen LogP contribution in [0, 0.1) is 23.2 Å². The van der Waals surface area contributed by atoms with Gasteiger partial charge in [0.05, 0.1) is 12.8 Å². The zero-order valence-corrected chi connectivity index (χ0v) is 25.9. The van der Waals surface area contributed by atoms with Crippen molar-refractivity contribution in [1.82, 2.24) is 14.7 Å². The number of aliphatic hydroxyl groups excluding tert-OH is 1. The Morgan fingerprint density at radius 3 is 2.54 bits per heavy atom. The van der Waals surface area contributed by atoms with Gasteiger partial charge in [-0.3, -0.25) is 4.79 Å². The van der Waals surface area contributed by atoms with E-state index in [1.807, 2.05) is 0 Å². The van der Waals surface area contributed by atoms with Crippen molar-refractivity contribution < 1.29 is 9.90 Å². The van der Waals surface area contributed by atoms with Crippen LogP contribution < -0.4 is 4.90 Å². The maximum Gasteiger partial charge on any atom is 0.250 e. The van der Waals surface area contributed by atoms with Crippen molar-refractivity contribution in [1.29, 1.82) is 0 Å². The molecule has 0 radical (unpaired) electrons. The fourth-order valence-corrected chi connectivity index (χ4v) is 9.38. The number of benzene rings is 1. The molecule has 7 rings (SSSR count). The van der Waals surface area contributed by atoms with Gasteiger partial charge in [-0.15, -0.1) is 0 Å². The zero-order chi connectivity index (χ0) is 28.8. The predicted octanol–water partition coefficient (Wildman–Crippen LogP) is 5.38. The average Bonchev–Trinajstić information content (AvgIpc) is 3.24. The first-order valence-corrected chi connectivity index (χ1v) is 16.6. The third-order valence-electron chi connectivity index (χ3n) is 12.3.